The Bertz CT molecular complexity index is 112. The molecule has 0 heterocycles. The van der Waals surface area contributed by atoms with E-state index in [1.54, 1.807) is 0 Å². The summed E-state index contributed by atoms with van der Waals surface area (Å²) in [5, 5.41) is 9.63. The zero-order valence-corrected chi connectivity index (χ0v) is 4.03. The van der Waals surface area contributed by atoms with Gasteiger partial charge in [-0.05, 0) is 6.08 Å². The van der Waals surface area contributed by atoms with E-state index in [4.69, 9.17) is 0 Å². The Morgan fingerprint density at radius 1 is 1.88 bits per heavy atom. The van der Waals surface area contributed by atoms with Crippen LogP contribution in [0.5, 0.6) is 0 Å². The van der Waals surface area contributed by atoms with Gasteiger partial charge in [-0.25, -0.2) is 0 Å². The molecular weight excluding hydrogens is 110 g/mol. The first kappa shape index (κ1) is 6.81. The fraction of sp³-hybridized carbons (Fsp3) is 0.250. The van der Waals surface area contributed by atoms with Crippen molar-refractivity contribution in [2.45, 2.75) is 6.04 Å². The lowest BCUT2D eigenvalue weighted by atomic mass is 10.3. The number of rotatable bonds is 3. The van der Waals surface area contributed by atoms with Crippen LogP contribution in [-0.2, 0) is 4.79 Å². The Morgan fingerprint density at radius 2 is 2.38 bits per heavy atom. The van der Waals surface area contributed by atoms with Crippen LogP contribution in [0.2, 0.25) is 0 Å². The first-order chi connectivity index (χ1) is 3.72. The highest BCUT2D eigenvalue weighted by atomic mass is 16.6. The summed E-state index contributed by atoms with van der Waals surface area (Å²) in [4.78, 5) is 18.4. The molecule has 8 heavy (non-hydrogen) atoms. The van der Waals surface area contributed by atoms with Crippen LogP contribution in [0.25, 0.3) is 0 Å². The molecule has 0 bridgehead atoms. The highest BCUT2D eigenvalue weighted by Gasteiger charge is 2.12. The third-order valence-electron chi connectivity index (χ3n) is 0.571. The average Bonchev–Trinajstić information content (AvgIpc) is 1.69. The first-order valence-corrected chi connectivity index (χ1v) is 1.86. The second kappa shape index (κ2) is 2.90. The van der Waals surface area contributed by atoms with Gasteiger partial charge in [-0.1, -0.05) is 6.58 Å². The monoisotopic (exact) mass is 114 g/mol. The fourth-order valence-corrected chi connectivity index (χ4v) is 0.177. The van der Waals surface area contributed by atoms with Crippen LogP contribution in [0.15, 0.2) is 12.7 Å². The Hall–Kier alpha value is -1.19. The van der Waals surface area contributed by atoms with Crippen molar-refractivity contribution in [3.63, 3.8) is 0 Å². The lowest BCUT2D eigenvalue weighted by molar-refractivity contribution is -0.490. The molecule has 0 amide bonds. The van der Waals surface area contributed by atoms with E-state index in [-0.39, 0.29) is 0 Å². The number of carbonyl (C=O) groups excluding carboxylic acids is 1. The van der Waals surface area contributed by atoms with E-state index in [0.29, 0.717) is 0 Å². The summed E-state index contributed by atoms with van der Waals surface area (Å²) in [6.07, 6.45) is 2.11. The maximum absolute atomic E-state index is 9.63. The van der Waals surface area contributed by atoms with E-state index >= 15 is 0 Å². The van der Waals surface area contributed by atoms with Crippen LogP contribution in [0, 0.1) is 10.1 Å². The minimum atomic E-state index is -1.37. The fourth-order valence-electron chi connectivity index (χ4n) is 0.177. The van der Waals surface area contributed by atoms with Crippen molar-refractivity contribution < 1.29 is 9.72 Å². The van der Waals surface area contributed by atoms with E-state index in [2.05, 4.69) is 6.58 Å². The largest absolute Gasteiger partial charge is 0.296 e. The molecule has 0 saturated heterocycles. The minimum Gasteiger partial charge on any atom is -0.282 e. The molecule has 4 heteroatoms. The Kier molecular flexibility index (Phi) is 2.47. The van der Waals surface area contributed by atoms with Crippen LogP contribution < -0.4 is 0 Å². The molecule has 43 valence electrons. The molecule has 0 aliphatic heterocycles. The standard InChI is InChI=1S/C4H4NO3/c1-2-4(3-6)5(7)8/h2,4H,1H2. The van der Waals surface area contributed by atoms with E-state index in [1.807, 2.05) is 0 Å². The summed E-state index contributed by atoms with van der Waals surface area (Å²) in [5.74, 6) is 0. The Balaban J connectivity index is 3.88. The second-order valence-electron chi connectivity index (χ2n) is 1.08. The van der Waals surface area contributed by atoms with Crippen molar-refractivity contribution in [3.05, 3.63) is 22.8 Å². The average molecular weight is 114 g/mol. The second-order valence-corrected chi connectivity index (χ2v) is 1.08. The summed E-state index contributed by atoms with van der Waals surface area (Å²) in [6.45, 7) is 3.05. The SMILES string of the molecule is C=CC([C]=O)[N+](=O)[O-]. The maximum Gasteiger partial charge on any atom is 0.296 e. The third kappa shape index (κ3) is 1.51. The molecule has 0 aromatic heterocycles. The van der Waals surface area contributed by atoms with Crippen molar-refractivity contribution in [1.82, 2.24) is 0 Å². The molecule has 1 unspecified atom stereocenters. The predicted octanol–water partition coefficient (Wildman–Crippen LogP) is -0.0726. The van der Waals surface area contributed by atoms with Crippen LogP contribution in [-0.4, -0.2) is 17.3 Å². The molecule has 1 radical (unpaired) electrons. The van der Waals surface area contributed by atoms with Gasteiger partial charge in [0.1, 0.15) is 0 Å². The molecule has 4 nitrogen and oxygen atoms in total. The number of hydrogen-bond acceptors (Lipinski definition) is 3. The molecule has 0 saturated carbocycles. The lowest BCUT2D eigenvalue weighted by Gasteiger charge is -1.88. The van der Waals surface area contributed by atoms with Crippen molar-refractivity contribution in [2.24, 2.45) is 0 Å². The van der Waals surface area contributed by atoms with E-state index in [1.165, 1.54) is 6.29 Å². The summed E-state index contributed by atoms with van der Waals surface area (Å²) in [7, 11) is 0. The van der Waals surface area contributed by atoms with E-state index < -0.39 is 11.0 Å². The van der Waals surface area contributed by atoms with Gasteiger partial charge < -0.3 is 0 Å². The highest BCUT2D eigenvalue weighted by Crippen LogP contribution is 1.83. The predicted molar refractivity (Wildman–Crippen MR) is 26.7 cm³/mol. The normalized spacial score (nSPS) is 12.0. The zero-order valence-electron chi connectivity index (χ0n) is 4.03. The van der Waals surface area contributed by atoms with Gasteiger partial charge in [0.15, 0.2) is 0 Å². The van der Waals surface area contributed by atoms with Crippen LogP contribution in [0.1, 0.15) is 0 Å². The smallest absolute Gasteiger partial charge is 0.282 e. The van der Waals surface area contributed by atoms with Crippen LogP contribution >= 0.6 is 0 Å². The lowest BCUT2D eigenvalue weighted by Crippen LogP contribution is -2.16. The molecular formula is C4H4NO3. The summed E-state index contributed by atoms with van der Waals surface area (Å²) >= 11 is 0. The van der Waals surface area contributed by atoms with Gasteiger partial charge in [-0.3, -0.25) is 14.9 Å². The number of nitrogens with zero attached hydrogens (tertiary/aromatic N) is 1. The molecule has 0 fully saturated rings. The molecule has 0 aliphatic rings. The molecule has 1 atom stereocenters. The highest BCUT2D eigenvalue weighted by molar-refractivity contribution is 5.59. The number of nitro groups is 1. The first-order valence-electron chi connectivity index (χ1n) is 1.86. The summed E-state index contributed by atoms with van der Waals surface area (Å²) in [5.41, 5.74) is 0. The topological polar surface area (TPSA) is 60.2 Å². The molecule has 0 aromatic rings. The summed E-state index contributed by atoms with van der Waals surface area (Å²) < 4.78 is 0. The zero-order chi connectivity index (χ0) is 6.57. The van der Waals surface area contributed by atoms with Crippen molar-refractivity contribution in [3.8, 4) is 0 Å². The summed E-state index contributed by atoms with van der Waals surface area (Å²) in [6, 6.07) is -1.37. The quantitative estimate of drug-likeness (QED) is 0.293. The number of hydrogen-bond donors (Lipinski definition) is 0. The minimum absolute atomic E-state index is 0.764. The van der Waals surface area contributed by atoms with Gasteiger partial charge in [-0.15, -0.1) is 0 Å². The van der Waals surface area contributed by atoms with Crippen molar-refractivity contribution >= 4 is 6.29 Å². The third-order valence-corrected chi connectivity index (χ3v) is 0.571. The van der Waals surface area contributed by atoms with Crippen molar-refractivity contribution in [2.75, 3.05) is 0 Å². The Labute approximate surface area is 46.0 Å². The molecule has 0 spiro atoms. The van der Waals surface area contributed by atoms with E-state index in [9.17, 15) is 14.9 Å². The van der Waals surface area contributed by atoms with Gasteiger partial charge in [0.05, 0.1) is 0 Å². The molecule has 0 aliphatic carbocycles. The van der Waals surface area contributed by atoms with Gasteiger partial charge >= 0.3 is 0 Å². The van der Waals surface area contributed by atoms with Gasteiger partial charge in [0.2, 0.25) is 0 Å². The van der Waals surface area contributed by atoms with Crippen LogP contribution in [0.3, 0.4) is 0 Å². The molecule has 0 N–H and O–H groups in total. The molecule has 0 aromatic carbocycles. The van der Waals surface area contributed by atoms with Gasteiger partial charge in [0.25, 0.3) is 12.3 Å². The van der Waals surface area contributed by atoms with Gasteiger partial charge in [0, 0.05) is 4.92 Å². The van der Waals surface area contributed by atoms with E-state index in [0.717, 1.165) is 6.08 Å². The van der Waals surface area contributed by atoms with Gasteiger partial charge in [-0.2, -0.15) is 0 Å². The van der Waals surface area contributed by atoms with Crippen LogP contribution in [0.4, 0.5) is 0 Å². The Morgan fingerprint density at radius 3 is 2.38 bits per heavy atom. The van der Waals surface area contributed by atoms with Crippen molar-refractivity contribution in [1.29, 1.82) is 0 Å². The molecule has 0 rings (SSSR count). The maximum atomic E-state index is 9.63.